The van der Waals surface area contributed by atoms with Crippen LogP contribution in [0.25, 0.3) is 22.2 Å². The van der Waals surface area contributed by atoms with Gasteiger partial charge in [0.05, 0.1) is 23.4 Å². The predicted octanol–water partition coefficient (Wildman–Crippen LogP) is 4.56. The van der Waals surface area contributed by atoms with Gasteiger partial charge in [0, 0.05) is 30.6 Å². The number of benzene rings is 2. The highest BCUT2D eigenvalue weighted by Gasteiger charge is 2.18. The van der Waals surface area contributed by atoms with Crippen molar-refractivity contribution in [3.05, 3.63) is 48.0 Å². The number of ether oxygens (including phenoxy) is 1. The summed E-state index contributed by atoms with van der Waals surface area (Å²) in [4.78, 5) is 11.2. The Kier molecular flexibility index (Phi) is 4.94. The molecule has 0 aliphatic heterocycles. The van der Waals surface area contributed by atoms with E-state index < -0.39 is 0 Å². The molecule has 132 valence electrons. The molecular weight excluding hydrogens is 326 g/mol. The maximum Gasteiger partial charge on any atom is 0.221 e. The van der Waals surface area contributed by atoms with Gasteiger partial charge in [-0.25, -0.2) is 0 Å². The summed E-state index contributed by atoms with van der Waals surface area (Å²) in [5.41, 5.74) is 4.19. The van der Waals surface area contributed by atoms with E-state index in [0.717, 1.165) is 40.1 Å². The van der Waals surface area contributed by atoms with Crippen molar-refractivity contribution in [3.63, 3.8) is 0 Å². The Hall–Kier alpha value is -3.26. The maximum absolute atomic E-state index is 11.2. The average Bonchev–Trinajstić information content (AvgIpc) is 2.95. The molecular formula is C21H21N3O2. The number of carbonyl (C=O) groups is 1. The highest BCUT2D eigenvalue weighted by Crippen LogP contribution is 2.35. The molecule has 0 saturated heterocycles. The van der Waals surface area contributed by atoms with Gasteiger partial charge < -0.3 is 14.6 Å². The molecule has 3 aromatic rings. The second kappa shape index (κ2) is 7.32. The van der Waals surface area contributed by atoms with E-state index in [4.69, 9.17) is 4.74 Å². The highest BCUT2D eigenvalue weighted by molar-refractivity contribution is 5.95. The molecule has 1 N–H and O–H groups in total. The third kappa shape index (κ3) is 3.14. The normalized spacial score (nSPS) is 10.5. The van der Waals surface area contributed by atoms with Crippen molar-refractivity contribution >= 4 is 22.5 Å². The first-order chi connectivity index (χ1) is 12.6. The van der Waals surface area contributed by atoms with Crippen LogP contribution in [0.15, 0.2) is 42.5 Å². The van der Waals surface area contributed by atoms with Crippen LogP contribution >= 0.6 is 0 Å². The number of rotatable bonds is 5. The summed E-state index contributed by atoms with van der Waals surface area (Å²) in [6.45, 7) is 6.82. The van der Waals surface area contributed by atoms with E-state index in [2.05, 4.69) is 22.9 Å². The third-order valence-electron chi connectivity index (χ3n) is 4.25. The molecule has 0 atom stereocenters. The lowest BCUT2D eigenvalue weighted by Crippen LogP contribution is -2.05. The van der Waals surface area contributed by atoms with Gasteiger partial charge in [-0.05, 0) is 43.7 Å². The smallest absolute Gasteiger partial charge is 0.221 e. The van der Waals surface area contributed by atoms with E-state index in [9.17, 15) is 10.1 Å². The predicted molar refractivity (Wildman–Crippen MR) is 103 cm³/mol. The van der Waals surface area contributed by atoms with Gasteiger partial charge in [0.1, 0.15) is 11.8 Å². The van der Waals surface area contributed by atoms with Crippen molar-refractivity contribution in [2.45, 2.75) is 27.3 Å². The van der Waals surface area contributed by atoms with E-state index in [0.29, 0.717) is 12.2 Å². The lowest BCUT2D eigenvalue weighted by atomic mass is 10.1. The first-order valence-electron chi connectivity index (χ1n) is 8.66. The number of hydrogen-bond acceptors (Lipinski definition) is 3. The van der Waals surface area contributed by atoms with E-state index in [1.54, 1.807) is 0 Å². The molecule has 0 bridgehead atoms. The van der Waals surface area contributed by atoms with Gasteiger partial charge in [0.25, 0.3) is 0 Å². The van der Waals surface area contributed by atoms with Gasteiger partial charge in [-0.2, -0.15) is 5.26 Å². The third-order valence-corrected chi connectivity index (χ3v) is 4.25. The van der Waals surface area contributed by atoms with Gasteiger partial charge >= 0.3 is 0 Å². The second-order valence-electron chi connectivity index (χ2n) is 5.95. The van der Waals surface area contributed by atoms with Crippen molar-refractivity contribution in [3.8, 4) is 23.1 Å². The zero-order chi connectivity index (χ0) is 18.7. The number of hydrogen-bond donors (Lipinski definition) is 1. The van der Waals surface area contributed by atoms with Crippen LogP contribution in [0.1, 0.15) is 26.3 Å². The maximum atomic E-state index is 11.2. The number of aryl methyl sites for hydroxylation is 1. The molecule has 0 aliphatic rings. The number of anilines is 1. The average molecular weight is 347 g/mol. The van der Waals surface area contributed by atoms with E-state index in [1.807, 2.05) is 49.4 Å². The summed E-state index contributed by atoms with van der Waals surface area (Å²) in [6, 6.07) is 15.7. The van der Waals surface area contributed by atoms with Gasteiger partial charge in [0.15, 0.2) is 0 Å². The minimum absolute atomic E-state index is 0.110. The SMILES string of the molecule is CCOc1ccc2c(C#N)c(-c3ccc(NC(C)=O)cc3)n(CC)c2c1. The lowest BCUT2D eigenvalue weighted by molar-refractivity contribution is -0.114. The summed E-state index contributed by atoms with van der Waals surface area (Å²) in [6.07, 6.45) is 0. The number of fused-ring (bicyclic) bond motifs is 1. The van der Waals surface area contributed by atoms with E-state index in [-0.39, 0.29) is 5.91 Å². The van der Waals surface area contributed by atoms with Crippen LogP contribution in [-0.2, 0) is 11.3 Å². The largest absolute Gasteiger partial charge is 0.494 e. The summed E-state index contributed by atoms with van der Waals surface area (Å²) < 4.78 is 7.75. The van der Waals surface area contributed by atoms with E-state index >= 15 is 0 Å². The fraction of sp³-hybridized carbons (Fsp3) is 0.238. The topological polar surface area (TPSA) is 67.0 Å². The number of aromatic nitrogens is 1. The molecule has 1 heterocycles. The fourth-order valence-electron chi connectivity index (χ4n) is 3.24. The minimum atomic E-state index is -0.110. The number of carbonyl (C=O) groups excluding carboxylic acids is 1. The van der Waals surface area contributed by atoms with Gasteiger partial charge in [0.2, 0.25) is 5.91 Å². The molecule has 1 amide bonds. The molecule has 0 fully saturated rings. The van der Waals surface area contributed by atoms with Crippen molar-refractivity contribution in [2.75, 3.05) is 11.9 Å². The minimum Gasteiger partial charge on any atom is -0.494 e. The van der Waals surface area contributed by atoms with Crippen LogP contribution in [0.4, 0.5) is 5.69 Å². The Morgan fingerprint density at radius 1 is 1.19 bits per heavy atom. The monoisotopic (exact) mass is 347 g/mol. The van der Waals surface area contributed by atoms with Gasteiger partial charge in [-0.1, -0.05) is 12.1 Å². The van der Waals surface area contributed by atoms with Crippen molar-refractivity contribution in [1.82, 2.24) is 4.57 Å². The lowest BCUT2D eigenvalue weighted by Gasteiger charge is -2.10. The molecule has 2 aromatic carbocycles. The summed E-state index contributed by atoms with van der Waals surface area (Å²) in [5.74, 6) is 0.686. The molecule has 1 aromatic heterocycles. The second-order valence-corrected chi connectivity index (χ2v) is 5.95. The number of amides is 1. The number of nitrogens with zero attached hydrogens (tertiary/aromatic N) is 2. The molecule has 5 nitrogen and oxygen atoms in total. The highest BCUT2D eigenvalue weighted by atomic mass is 16.5. The molecule has 0 saturated carbocycles. The van der Waals surface area contributed by atoms with Crippen LogP contribution < -0.4 is 10.1 Å². The Morgan fingerprint density at radius 2 is 1.92 bits per heavy atom. The van der Waals surface area contributed by atoms with Gasteiger partial charge in [-0.3, -0.25) is 4.79 Å². The Morgan fingerprint density at radius 3 is 2.50 bits per heavy atom. The Bertz CT molecular complexity index is 995. The molecule has 0 radical (unpaired) electrons. The van der Waals surface area contributed by atoms with Crippen molar-refractivity contribution in [1.29, 1.82) is 5.26 Å². The Balaban J connectivity index is 2.18. The van der Waals surface area contributed by atoms with E-state index in [1.165, 1.54) is 6.92 Å². The summed E-state index contributed by atoms with van der Waals surface area (Å²) >= 11 is 0. The van der Waals surface area contributed by atoms with Crippen LogP contribution in [0.3, 0.4) is 0 Å². The summed E-state index contributed by atoms with van der Waals surface area (Å²) in [7, 11) is 0. The standard InChI is InChI=1S/C21H21N3O2/c1-4-24-20-12-17(26-5-2)10-11-18(20)19(13-22)21(24)15-6-8-16(9-7-15)23-14(3)25/h6-12H,4-5H2,1-3H3,(H,23,25). The first kappa shape index (κ1) is 17.6. The molecule has 3 rings (SSSR count). The quantitative estimate of drug-likeness (QED) is 0.736. The molecule has 0 spiro atoms. The number of nitriles is 1. The van der Waals surface area contributed by atoms with Crippen LogP contribution in [0.5, 0.6) is 5.75 Å². The molecule has 0 unspecified atom stereocenters. The Labute approximate surface area is 152 Å². The van der Waals surface area contributed by atoms with Crippen molar-refractivity contribution in [2.24, 2.45) is 0 Å². The molecule has 0 aliphatic carbocycles. The van der Waals surface area contributed by atoms with Crippen LogP contribution in [0, 0.1) is 11.3 Å². The molecule has 5 heteroatoms. The number of nitrogens with one attached hydrogen (secondary N) is 1. The fourth-order valence-corrected chi connectivity index (χ4v) is 3.24. The zero-order valence-corrected chi connectivity index (χ0v) is 15.2. The van der Waals surface area contributed by atoms with Crippen LogP contribution in [-0.4, -0.2) is 17.1 Å². The zero-order valence-electron chi connectivity index (χ0n) is 15.2. The summed E-state index contributed by atoms with van der Waals surface area (Å²) in [5, 5.41) is 13.5. The van der Waals surface area contributed by atoms with Gasteiger partial charge in [-0.15, -0.1) is 0 Å². The van der Waals surface area contributed by atoms with Crippen LogP contribution in [0.2, 0.25) is 0 Å². The molecule has 26 heavy (non-hydrogen) atoms. The first-order valence-corrected chi connectivity index (χ1v) is 8.66. The van der Waals surface area contributed by atoms with Crippen molar-refractivity contribution < 1.29 is 9.53 Å².